The number of nitrogens with two attached hydrogens (primary N) is 1. The summed E-state index contributed by atoms with van der Waals surface area (Å²) >= 11 is 1.11. The molecule has 4 aromatic rings. The zero-order valence-corrected chi connectivity index (χ0v) is 14.6. The number of aromatic nitrogens is 2. The average molecular weight is 382 g/mol. The quantitative estimate of drug-likeness (QED) is 0.548. The highest BCUT2D eigenvalue weighted by molar-refractivity contribution is 7.21. The number of hydrogen-bond acceptors (Lipinski definition) is 5. The fourth-order valence-corrected chi connectivity index (χ4v) is 3.61. The van der Waals surface area contributed by atoms with E-state index in [9.17, 15) is 13.6 Å². The van der Waals surface area contributed by atoms with Gasteiger partial charge in [-0.3, -0.25) is 9.78 Å². The Morgan fingerprint density at radius 2 is 1.85 bits per heavy atom. The van der Waals surface area contributed by atoms with Crippen molar-refractivity contribution in [2.24, 2.45) is 0 Å². The maximum Gasteiger partial charge on any atom is 0.268 e. The maximum atomic E-state index is 13.8. The Kier molecular flexibility index (Phi) is 4.25. The van der Waals surface area contributed by atoms with Gasteiger partial charge in [-0.25, -0.2) is 13.8 Å². The van der Waals surface area contributed by atoms with Gasteiger partial charge in [0.1, 0.15) is 21.3 Å². The van der Waals surface area contributed by atoms with Crippen LogP contribution in [0.2, 0.25) is 0 Å². The van der Waals surface area contributed by atoms with Crippen LogP contribution in [0.3, 0.4) is 0 Å². The van der Waals surface area contributed by atoms with Gasteiger partial charge < -0.3 is 11.1 Å². The Morgan fingerprint density at radius 3 is 2.59 bits per heavy atom. The van der Waals surface area contributed by atoms with Crippen LogP contribution in [-0.4, -0.2) is 15.9 Å². The first-order chi connectivity index (χ1) is 13.0. The van der Waals surface area contributed by atoms with Crippen molar-refractivity contribution in [3.8, 4) is 11.3 Å². The predicted molar refractivity (Wildman–Crippen MR) is 102 cm³/mol. The van der Waals surface area contributed by atoms with Gasteiger partial charge in [0.2, 0.25) is 0 Å². The van der Waals surface area contributed by atoms with Crippen molar-refractivity contribution in [1.82, 2.24) is 9.97 Å². The molecule has 0 radical (unpaired) electrons. The number of thiophene rings is 1. The minimum Gasteiger partial charge on any atom is -0.397 e. The molecule has 0 fully saturated rings. The summed E-state index contributed by atoms with van der Waals surface area (Å²) in [5, 5.41) is 3.06. The van der Waals surface area contributed by atoms with Gasteiger partial charge >= 0.3 is 0 Å². The van der Waals surface area contributed by atoms with E-state index in [2.05, 4.69) is 15.3 Å². The van der Waals surface area contributed by atoms with Crippen LogP contribution in [0.4, 0.5) is 20.2 Å². The molecule has 4 rings (SSSR count). The molecule has 0 unspecified atom stereocenters. The van der Waals surface area contributed by atoms with Crippen molar-refractivity contribution in [2.75, 3.05) is 11.1 Å². The highest BCUT2D eigenvalue weighted by atomic mass is 32.1. The smallest absolute Gasteiger partial charge is 0.268 e. The lowest BCUT2D eigenvalue weighted by Gasteiger charge is -2.05. The van der Waals surface area contributed by atoms with E-state index < -0.39 is 17.5 Å². The fraction of sp³-hybridized carbons (Fsp3) is 0. The van der Waals surface area contributed by atoms with Gasteiger partial charge in [-0.1, -0.05) is 0 Å². The lowest BCUT2D eigenvalue weighted by Crippen LogP contribution is -2.13. The third-order valence-corrected chi connectivity index (χ3v) is 5.07. The normalized spacial score (nSPS) is 10.9. The molecular weight excluding hydrogens is 370 g/mol. The van der Waals surface area contributed by atoms with E-state index in [-0.39, 0.29) is 16.3 Å². The van der Waals surface area contributed by atoms with Crippen molar-refractivity contribution in [3.63, 3.8) is 0 Å². The Labute approximate surface area is 156 Å². The van der Waals surface area contributed by atoms with Crippen molar-refractivity contribution < 1.29 is 13.6 Å². The molecule has 3 aromatic heterocycles. The Bertz CT molecular complexity index is 1160. The molecule has 8 heteroatoms. The zero-order chi connectivity index (χ0) is 19.0. The molecule has 27 heavy (non-hydrogen) atoms. The second-order valence-electron chi connectivity index (χ2n) is 5.71. The summed E-state index contributed by atoms with van der Waals surface area (Å²) in [7, 11) is 0. The molecule has 5 nitrogen and oxygen atoms in total. The number of carbonyl (C=O) groups is 1. The topological polar surface area (TPSA) is 80.9 Å². The number of carbonyl (C=O) groups excluding carboxylic acids is 1. The van der Waals surface area contributed by atoms with E-state index >= 15 is 0 Å². The summed E-state index contributed by atoms with van der Waals surface area (Å²) in [5.74, 6) is -2.16. The van der Waals surface area contributed by atoms with Gasteiger partial charge in [0.05, 0.1) is 17.1 Å². The molecule has 0 spiro atoms. The number of pyridine rings is 2. The van der Waals surface area contributed by atoms with Crippen molar-refractivity contribution in [1.29, 1.82) is 0 Å². The fourth-order valence-electron chi connectivity index (χ4n) is 2.62. The molecule has 0 aliphatic heterocycles. The number of benzene rings is 1. The third-order valence-electron chi connectivity index (χ3n) is 3.96. The van der Waals surface area contributed by atoms with Crippen molar-refractivity contribution >= 4 is 38.8 Å². The summed E-state index contributed by atoms with van der Waals surface area (Å²) in [6.45, 7) is 0. The van der Waals surface area contributed by atoms with Crippen LogP contribution < -0.4 is 11.1 Å². The lowest BCUT2D eigenvalue weighted by atomic mass is 10.1. The van der Waals surface area contributed by atoms with Crippen LogP contribution in [0.25, 0.3) is 21.5 Å². The molecule has 0 saturated heterocycles. The Morgan fingerprint density at radius 1 is 1.07 bits per heavy atom. The minimum absolute atomic E-state index is 0.122. The monoisotopic (exact) mass is 382 g/mol. The first-order valence-electron chi connectivity index (χ1n) is 7.89. The molecule has 0 aliphatic carbocycles. The van der Waals surface area contributed by atoms with E-state index in [0.717, 1.165) is 34.7 Å². The highest BCUT2D eigenvalue weighted by Gasteiger charge is 2.19. The molecule has 0 saturated carbocycles. The van der Waals surface area contributed by atoms with Gasteiger partial charge in [0.25, 0.3) is 5.91 Å². The summed E-state index contributed by atoms with van der Waals surface area (Å²) in [5.41, 5.74) is 7.85. The van der Waals surface area contributed by atoms with E-state index in [1.807, 2.05) is 18.2 Å². The van der Waals surface area contributed by atoms with E-state index in [1.165, 1.54) is 0 Å². The number of halogens is 2. The highest BCUT2D eigenvalue weighted by Crippen LogP contribution is 2.34. The second kappa shape index (κ2) is 6.73. The molecule has 0 atom stereocenters. The predicted octanol–water partition coefficient (Wildman–Crippen LogP) is 4.47. The van der Waals surface area contributed by atoms with Gasteiger partial charge in [0.15, 0.2) is 0 Å². The molecule has 3 N–H and O–H groups in total. The molecule has 134 valence electrons. The van der Waals surface area contributed by atoms with Crippen LogP contribution in [0.5, 0.6) is 0 Å². The number of nitrogens with zero attached hydrogens (tertiary/aromatic N) is 2. The van der Waals surface area contributed by atoms with Gasteiger partial charge in [-0.2, -0.15) is 0 Å². The van der Waals surface area contributed by atoms with Gasteiger partial charge in [-0.05, 0) is 36.4 Å². The lowest BCUT2D eigenvalue weighted by molar-refractivity contribution is 0.103. The number of nitrogen functional groups attached to an aromatic ring is 1. The van der Waals surface area contributed by atoms with Crippen molar-refractivity contribution in [2.45, 2.75) is 0 Å². The number of nitrogens with one attached hydrogen (secondary N) is 1. The summed E-state index contributed by atoms with van der Waals surface area (Å²) < 4.78 is 26.8. The first kappa shape index (κ1) is 17.0. The average Bonchev–Trinajstić information content (AvgIpc) is 3.01. The minimum atomic E-state index is -0.860. The molecule has 0 aliphatic rings. The van der Waals surface area contributed by atoms with Crippen LogP contribution >= 0.6 is 11.3 Å². The van der Waals surface area contributed by atoms with Crippen LogP contribution in [0, 0.1) is 11.6 Å². The van der Waals surface area contributed by atoms with Crippen molar-refractivity contribution in [3.05, 3.63) is 71.4 Å². The van der Waals surface area contributed by atoms with Gasteiger partial charge in [0, 0.05) is 29.4 Å². The third kappa shape index (κ3) is 3.22. The van der Waals surface area contributed by atoms with Crippen LogP contribution in [-0.2, 0) is 0 Å². The summed E-state index contributed by atoms with van der Waals surface area (Å²) in [6.07, 6.45) is 3.33. The molecule has 1 amide bonds. The Hall–Kier alpha value is -3.39. The molecule has 0 bridgehead atoms. The number of anilines is 2. The standard InChI is InChI=1S/C19H12F2N4OS/c20-11-1-3-15(13(21)9-11)24-18(26)17-16(22)12-2-4-14(25-19(12)27-17)10-5-7-23-8-6-10/h1-9H,22H2,(H,24,26). The summed E-state index contributed by atoms with van der Waals surface area (Å²) in [4.78, 5) is 21.9. The molecule has 1 aromatic carbocycles. The SMILES string of the molecule is Nc1c(C(=O)Nc2ccc(F)cc2F)sc2nc(-c3ccncc3)ccc12. The second-order valence-corrected chi connectivity index (χ2v) is 6.71. The molecular formula is C19H12F2N4OS. The van der Waals surface area contributed by atoms with E-state index in [1.54, 1.807) is 18.5 Å². The van der Waals surface area contributed by atoms with Crippen LogP contribution in [0.15, 0.2) is 54.9 Å². The Balaban J connectivity index is 1.69. The molecule has 3 heterocycles. The maximum absolute atomic E-state index is 13.8. The number of rotatable bonds is 3. The summed E-state index contributed by atoms with van der Waals surface area (Å²) in [6, 6.07) is 10.2. The van der Waals surface area contributed by atoms with Gasteiger partial charge in [-0.15, -0.1) is 11.3 Å². The van der Waals surface area contributed by atoms with E-state index in [4.69, 9.17) is 5.73 Å². The number of amides is 1. The zero-order valence-electron chi connectivity index (χ0n) is 13.7. The number of fused-ring (bicyclic) bond motifs is 1. The van der Waals surface area contributed by atoms with E-state index in [0.29, 0.717) is 16.3 Å². The largest absolute Gasteiger partial charge is 0.397 e. The number of hydrogen-bond donors (Lipinski definition) is 2. The first-order valence-corrected chi connectivity index (χ1v) is 8.70. The van der Waals surface area contributed by atoms with Crippen LogP contribution in [0.1, 0.15) is 9.67 Å².